The van der Waals surface area contributed by atoms with Crippen LogP contribution in [0.25, 0.3) is 125 Å². The van der Waals surface area contributed by atoms with Gasteiger partial charge >= 0.3 is 0 Å². The van der Waals surface area contributed by atoms with Crippen LogP contribution in [0.4, 0.5) is 0 Å². The summed E-state index contributed by atoms with van der Waals surface area (Å²) in [4.78, 5) is 6.82. The van der Waals surface area contributed by atoms with Crippen molar-refractivity contribution in [3.05, 3.63) is 390 Å². The summed E-state index contributed by atoms with van der Waals surface area (Å²) in [5, 5.41) is 59.3. The lowest BCUT2D eigenvalue weighted by molar-refractivity contribution is 0.282. The molecule has 0 spiro atoms. The summed E-state index contributed by atoms with van der Waals surface area (Å²) in [6.45, 7) is 28.6. The zero-order valence-electron chi connectivity index (χ0n) is 80.3. The number of hydrogen-bond donors (Lipinski definition) is 5. The van der Waals surface area contributed by atoms with Crippen LogP contribution in [-0.2, 0) is 53.8 Å². The van der Waals surface area contributed by atoms with Crippen LogP contribution >= 0.6 is 52.3 Å². The lowest BCUT2D eigenvalue weighted by atomic mass is 9.85. The van der Waals surface area contributed by atoms with Crippen LogP contribution in [0.3, 0.4) is 0 Å². The molecule has 20 aromatic rings. The summed E-state index contributed by atoms with van der Waals surface area (Å²) < 4.78 is 14.3. The normalized spacial score (nSPS) is 12.0. The fourth-order valence-corrected chi connectivity index (χ4v) is 30.4. The lowest BCUT2D eigenvalue weighted by Gasteiger charge is -2.19. The Labute approximate surface area is 807 Å². The van der Waals surface area contributed by atoms with Crippen molar-refractivity contribution < 1.29 is 25.5 Å². The smallest absolute Gasteiger partial charge is 0.187 e. The third-order valence-electron chi connectivity index (χ3n) is 26.1. The summed E-state index contributed by atoms with van der Waals surface area (Å²) in [6, 6.07) is 126. The molecule has 5 nitrogen and oxygen atoms in total. The van der Waals surface area contributed by atoms with Crippen LogP contribution in [-0.4, -0.2) is 58.6 Å². The highest BCUT2D eigenvalue weighted by atomic mass is 32.2. The molecule has 0 aliphatic heterocycles. The Bertz CT molecular complexity index is 6720. The van der Waals surface area contributed by atoms with Crippen LogP contribution < -0.4 is 0 Å². The molecule has 15 aromatic carbocycles. The van der Waals surface area contributed by atoms with Crippen LogP contribution in [0.15, 0.2) is 340 Å². The number of unbranched alkanes of at least 4 members (excludes halogenated alkanes) is 7. The number of rotatable bonds is 23. The predicted molar refractivity (Wildman–Crippen MR) is 592 cm³/mol. The maximum absolute atomic E-state index is 9.25. The Morgan fingerprint density at radius 1 is 0.164 bits per heavy atom. The molecule has 0 fully saturated rings. The van der Waals surface area contributed by atoms with Crippen molar-refractivity contribution in [2.75, 3.05) is 33.0 Å². The zero-order valence-corrected chi connectivity index (χ0v) is 84.4. The van der Waals surface area contributed by atoms with E-state index in [0.29, 0.717) is 19.4 Å². The molecule has 0 unspecified atom stereocenters. The third-order valence-corrected chi connectivity index (χ3v) is 37.8. The maximum atomic E-state index is 9.25. The van der Waals surface area contributed by atoms with Gasteiger partial charge < -0.3 is 25.5 Å². The van der Waals surface area contributed by atoms with Gasteiger partial charge in [0.1, 0.15) is 0 Å². The van der Waals surface area contributed by atoms with E-state index in [1.54, 1.807) is 0 Å². The molecule has 0 saturated carbocycles. The first-order valence-corrected chi connectivity index (χ1v) is 54.3. The SMILES string of the molecule is CC(C)(C)c1ccc2c(c1)c1cc(C(C)(C)C)ccc1[s+]2-c1ccc(CCO)cc1.CC(C)(C)c1ccc2c(c1)c1cc(C(C)(C)C)ccc1[s+]2-c1ccc(CCO)cc1.OCCCCCCCCCCc1ccc(-[s+]2c3ccccc3c3ccccc32)cc1.OCCc1ccc(-[s+]2c3ccccc3c3ccccc32)cc1.OCCc1ccc(-[s+]2c3ccccc3c3ccccc32)cc1. The molecule has 0 amide bonds. The molecular formula is C124H133O5S5+5. The van der Waals surface area contributed by atoms with Crippen molar-refractivity contribution >= 4 is 153 Å². The molecule has 0 aliphatic carbocycles. The molecule has 5 N–H and O–H groups in total. The molecule has 0 saturated heterocycles. The van der Waals surface area contributed by atoms with E-state index in [1.807, 2.05) is 0 Å². The predicted octanol–water partition coefficient (Wildman–Crippen LogP) is 34.6. The maximum Gasteiger partial charge on any atom is 0.187 e. The Hall–Kier alpha value is -10.8. The number of thiophene rings is 5. The van der Waals surface area contributed by atoms with Crippen molar-refractivity contribution in [3.63, 3.8) is 0 Å². The number of benzene rings is 15. The van der Waals surface area contributed by atoms with E-state index in [2.05, 4.69) is 423 Å². The van der Waals surface area contributed by atoms with E-state index in [9.17, 15) is 10.2 Å². The average Bonchev–Trinajstić information content (AvgIpc) is 1.57. The van der Waals surface area contributed by atoms with E-state index in [1.165, 1.54) is 227 Å². The number of aryl methyl sites for hydroxylation is 1. The van der Waals surface area contributed by atoms with Crippen molar-refractivity contribution in [2.24, 2.45) is 0 Å². The van der Waals surface area contributed by atoms with Gasteiger partial charge in [0.05, 0.1) is 0 Å². The van der Waals surface area contributed by atoms with Gasteiger partial charge in [-0.1, -0.05) is 279 Å². The minimum atomic E-state index is -0.0854. The molecule has 10 heteroatoms. The number of hydrogen-bond acceptors (Lipinski definition) is 5. The van der Waals surface area contributed by atoms with Crippen molar-refractivity contribution in [2.45, 2.75) is 188 Å². The number of aliphatic hydroxyl groups is 5. The van der Waals surface area contributed by atoms with Gasteiger partial charge in [0.2, 0.25) is 0 Å². The second-order valence-electron chi connectivity index (χ2n) is 39.8. The third kappa shape index (κ3) is 21.7. The Kier molecular flexibility index (Phi) is 30.9. The molecule has 5 heterocycles. The average molecular weight is 1860 g/mol. The molecule has 0 bridgehead atoms. The standard InChI is InChI=1S/3C28H33OS.2C20H17OS/c2*1-27(2,3)20-9-13-25-23(17-20)24-18-21(28(4,5)6)10-14-26(24)30(25)22-11-7-19(8-12-22)15-16-29;29-22-12-6-4-2-1-3-5-7-13-23-18-20-24(21-19-23)30-27-16-10-8-14-25(27)26-15-9-11-17-28(26)30;2*21-14-13-15-9-11-16(12-10-15)22-19-7-3-1-5-17(19)18-6-2-4-8-20(18)22/h2*7-14,17-18,29H,15-16H2,1-6H3;8-11,14-21,29H,1-7,12-13,22H2;2*1-12,21H,13-14H2/q5*+1. The quantitative estimate of drug-likeness (QED) is 0.0324. The first-order valence-electron chi connectivity index (χ1n) is 48.2. The molecular weight excluding hydrogens is 1730 g/mol. The van der Waals surface area contributed by atoms with E-state index in [0.717, 1.165) is 19.3 Å². The van der Waals surface area contributed by atoms with Crippen LogP contribution in [0, 0.1) is 0 Å². The summed E-state index contributed by atoms with van der Waals surface area (Å²) >= 11 is 0. The van der Waals surface area contributed by atoms with Crippen LogP contribution in [0.2, 0.25) is 0 Å². The molecule has 0 aliphatic rings. The highest BCUT2D eigenvalue weighted by molar-refractivity contribution is 7.52. The zero-order chi connectivity index (χ0) is 93.8. The summed E-state index contributed by atoms with van der Waals surface area (Å²) in [5.41, 5.74) is 12.3. The van der Waals surface area contributed by atoms with Crippen molar-refractivity contribution in [1.82, 2.24) is 0 Å². The van der Waals surface area contributed by atoms with Gasteiger partial charge in [-0.3, -0.25) is 0 Å². The van der Waals surface area contributed by atoms with E-state index >= 15 is 0 Å². The minimum Gasteiger partial charge on any atom is -0.396 e. The lowest BCUT2D eigenvalue weighted by Crippen LogP contribution is -2.10. The molecule has 134 heavy (non-hydrogen) atoms. The van der Waals surface area contributed by atoms with Gasteiger partial charge in [-0.05, 0) is 299 Å². The Balaban J connectivity index is 0.000000123. The Morgan fingerprint density at radius 2 is 0.336 bits per heavy atom. The summed E-state index contributed by atoms with van der Waals surface area (Å²) in [5.74, 6) is 0. The van der Waals surface area contributed by atoms with Crippen LogP contribution in [0.1, 0.15) is 185 Å². The van der Waals surface area contributed by atoms with Crippen molar-refractivity contribution in [3.8, 4) is 24.5 Å². The van der Waals surface area contributed by atoms with E-state index in [-0.39, 0.29) is 100 Å². The fourth-order valence-electron chi connectivity index (χ4n) is 18.6. The molecule has 684 valence electrons. The monoisotopic (exact) mass is 1860 g/mol. The largest absolute Gasteiger partial charge is 0.396 e. The van der Waals surface area contributed by atoms with Gasteiger partial charge in [0.25, 0.3) is 0 Å². The molecule has 0 atom stereocenters. The van der Waals surface area contributed by atoms with E-state index < -0.39 is 0 Å². The van der Waals surface area contributed by atoms with Gasteiger partial charge in [-0.15, -0.1) is 0 Å². The van der Waals surface area contributed by atoms with Gasteiger partial charge in [0, 0.05) is 139 Å². The minimum absolute atomic E-state index is 0.0153. The van der Waals surface area contributed by atoms with Crippen molar-refractivity contribution in [1.29, 1.82) is 0 Å². The number of aliphatic hydroxyl groups excluding tert-OH is 5. The molecule has 5 aromatic heterocycles. The van der Waals surface area contributed by atoms with Gasteiger partial charge in [0.15, 0.2) is 71.5 Å². The topological polar surface area (TPSA) is 101 Å². The molecule has 0 radical (unpaired) electrons. The summed E-state index contributed by atoms with van der Waals surface area (Å²) in [7, 11) is -0.180. The van der Waals surface area contributed by atoms with E-state index in [4.69, 9.17) is 15.3 Å². The first-order chi connectivity index (χ1) is 64.8. The highest BCUT2D eigenvalue weighted by Crippen LogP contribution is 2.55. The second kappa shape index (κ2) is 43.0. The van der Waals surface area contributed by atoms with Gasteiger partial charge in [-0.25, -0.2) is 0 Å². The molecule has 20 rings (SSSR count). The summed E-state index contributed by atoms with van der Waals surface area (Å²) in [6.07, 6.45) is 14.1. The Morgan fingerprint density at radius 3 is 0.522 bits per heavy atom. The van der Waals surface area contributed by atoms with Gasteiger partial charge in [-0.2, -0.15) is 0 Å². The second-order valence-corrected chi connectivity index (χ2v) is 49.6. The fraction of sp³-hybridized carbons (Fsp3) is 0.274. The number of fused-ring (bicyclic) bond motifs is 15. The first kappa shape index (κ1) is 96.3. The highest BCUT2D eigenvalue weighted by Gasteiger charge is 2.33. The van der Waals surface area contributed by atoms with Crippen LogP contribution in [0.5, 0.6) is 0 Å².